The summed E-state index contributed by atoms with van der Waals surface area (Å²) >= 11 is 0. The molecule has 26 heavy (non-hydrogen) atoms. The molecule has 0 radical (unpaired) electrons. The second-order valence-electron chi connectivity index (χ2n) is 6.80. The number of carbonyl (C=O) groups excluding carboxylic acids is 1. The highest BCUT2D eigenvalue weighted by Gasteiger charge is 2.43. The first-order valence-corrected chi connectivity index (χ1v) is 9.14. The fraction of sp³-hybridized carbons (Fsp3) is 0.273. The molecular formula is C22H23N3O. The highest BCUT2D eigenvalue weighted by molar-refractivity contribution is 6.04. The van der Waals surface area contributed by atoms with Crippen LogP contribution >= 0.6 is 0 Å². The van der Waals surface area contributed by atoms with Crippen molar-refractivity contribution < 1.29 is 4.79 Å². The van der Waals surface area contributed by atoms with Crippen LogP contribution in [0.3, 0.4) is 0 Å². The van der Waals surface area contributed by atoms with E-state index >= 15 is 0 Å². The zero-order valence-corrected chi connectivity index (χ0v) is 15.2. The minimum atomic E-state index is -0.106. The van der Waals surface area contributed by atoms with E-state index in [1.54, 1.807) is 0 Å². The van der Waals surface area contributed by atoms with E-state index in [0.717, 1.165) is 29.2 Å². The predicted octanol–water partition coefficient (Wildman–Crippen LogP) is 4.08. The van der Waals surface area contributed by atoms with Crippen molar-refractivity contribution >= 4 is 17.9 Å². The molecule has 4 nitrogen and oxygen atoms in total. The Kier molecular flexibility index (Phi) is 4.33. The summed E-state index contributed by atoms with van der Waals surface area (Å²) in [6, 6.07) is 20.3. The number of amides is 1. The molecule has 2 aromatic rings. The van der Waals surface area contributed by atoms with Gasteiger partial charge in [0.1, 0.15) is 0 Å². The molecule has 1 saturated heterocycles. The third-order valence-corrected chi connectivity index (χ3v) is 5.16. The van der Waals surface area contributed by atoms with Gasteiger partial charge in [-0.05, 0) is 23.6 Å². The van der Waals surface area contributed by atoms with Crippen molar-refractivity contribution in [1.29, 1.82) is 0 Å². The SMILES string of the molecule is CC[C@H]1/C(=C/c2ccccc2)N2C(=O)C[C@H](c3ccccc3)N=C2N1C. The fourth-order valence-corrected chi connectivity index (χ4v) is 3.84. The zero-order chi connectivity index (χ0) is 18.1. The summed E-state index contributed by atoms with van der Waals surface area (Å²) in [6.45, 7) is 2.15. The maximum atomic E-state index is 13.0. The second kappa shape index (κ2) is 6.79. The van der Waals surface area contributed by atoms with E-state index in [1.807, 2.05) is 60.5 Å². The van der Waals surface area contributed by atoms with Crippen molar-refractivity contribution in [2.75, 3.05) is 7.05 Å². The van der Waals surface area contributed by atoms with Crippen LogP contribution in [0.5, 0.6) is 0 Å². The summed E-state index contributed by atoms with van der Waals surface area (Å²) in [5.74, 6) is 0.887. The van der Waals surface area contributed by atoms with E-state index in [-0.39, 0.29) is 18.0 Å². The van der Waals surface area contributed by atoms with Crippen molar-refractivity contribution in [3.8, 4) is 0 Å². The second-order valence-corrected chi connectivity index (χ2v) is 6.80. The standard InChI is InChI=1S/C22H23N3O/c1-3-19-20(14-16-10-6-4-7-11-16)25-21(26)15-18(23-22(25)24(19)2)17-12-8-5-9-13-17/h4-14,18-19H,3,15H2,1-2H3/b20-14-/t18-,19+/m1/s1. The molecule has 2 aromatic carbocycles. The molecule has 0 spiro atoms. The van der Waals surface area contributed by atoms with Gasteiger partial charge in [0.25, 0.3) is 0 Å². The Bertz CT molecular complexity index is 857. The molecule has 0 aliphatic carbocycles. The number of likely N-dealkylation sites (N-methyl/N-ethyl adjacent to an activating group) is 1. The Morgan fingerprint density at radius 1 is 1.08 bits per heavy atom. The summed E-state index contributed by atoms with van der Waals surface area (Å²) in [7, 11) is 2.03. The molecule has 2 atom stereocenters. The summed E-state index contributed by atoms with van der Waals surface area (Å²) in [6.07, 6.45) is 3.45. The lowest BCUT2D eigenvalue weighted by atomic mass is 10.0. The lowest BCUT2D eigenvalue weighted by molar-refractivity contribution is -0.126. The van der Waals surface area contributed by atoms with Crippen molar-refractivity contribution in [3.63, 3.8) is 0 Å². The first-order valence-electron chi connectivity index (χ1n) is 9.14. The summed E-state index contributed by atoms with van der Waals surface area (Å²) in [5.41, 5.74) is 3.22. The molecule has 2 aliphatic heterocycles. The van der Waals surface area contributed by atoms with E-state index in [1.165, 1.54) is 0 Å². The number of aliphatic imine (C=N–C) groups is 1. The highest BCUT2D eigenvalue weighted by Crippen LogP contribution is 2.36. The van der Waals surface area contributed by atoms with Crippen LogP contribution in [0.15, 0.2) is 71.4 Å². The Hall–Kier alpha value is -2.88. The maximum absolute atomic E-state index is 13.0. The highest BCUT2D eigenvalue weighted by atomic mass is 16.2. The molecule has 1 amide bonds. The molecular weight excluding hydrogens is 322 g/mol. The molecule has 132 valence electrons. The largest absolute Gasteiger partial charge is 0.337 e. The van der Waals surface area contributed by atoms with Crippen LogP contribution in [0.2, 0.25) is 0 Å². The number of hydrogen-bond donors (Lipinski definition) is 0. The minimum Gasteiger partial charge on any atom is -0.337 e. The van der Waals surface area contributed by atoms with Gasteiger partial charge in [-0.15, -0.1) is 0 Å². The number of benzene rings is 2. The van der Waals surface area contributed by atoms with Gasteiger partial charge >= 0.3 is 0 Å². The topological polar surface area (TPSA) is 35.9 Å². The van der Waals surface area contributed by atoms with Crippen molar-refractivity contribution in [2.24, 2.45) is 4.99 Å². The molecule has 4 heteroatoms. The van der Waals surface area contributed by atoms with E-state index in [9.17, 15) is 4.79 Å². The van der Waals surface area contributed by atoms with Crippen LogP contribution in [-0.4, -0.2) is 34.8 Å². The van der Waals surface area contributed by atoms with Gasteiger partial charge in [-0.1, -0.05) is 67.6 Å². The smallest absolute Gasteiger partial charge is 0.236 e. The van der Waals surface area contributed by atoms with Gasteiger partial charge in [0.15, 0.2) is 0 Å². The van der Waals surface area contributed by atoms with Gasteiger partial charge in [0.2, 0.25) is 11.9 Å². The lowest BCUT2D eigenvalue weighted by Gasteiger charge is -2.28. The number of carbonyl (C=O) groups is 1. The first kappa shape index (κ1) is 16.6. The number of fused-ring (bicyclic) bond motifs is 1. The van der Waals surface area contributed by atoms with Gasteiger partial charge in [0, 0.05) is 7.05 Å². The Balaban J connectivity index is 1.76. The van der Waals surface area contributed by atoms with Gasteiger partial charge in [0.05, 0.1) is 24.2 Å². The average molecular weight is 345 g/mol. The van der Waals surface area contributed by atoms with Gasteiger partial charge < -0.3 is 4.90 Å². The zero-order valence-electron chi connectivity index (χ0n) is 15.2. The molecule has 0 N–H and O–H groups in total. The lowest BCUT2D eigenvalue weighted by Crippen LogP contribution is -2.40. The molecule has 0 saturated carbocycles. The predicted molar refractivity (Wildman–Crippen MR) is 104 cm³/mol. The molecule has 4 rings (SSSR count). The molecule has 0 aromatic heterocycles. The molecule has 1 fully saturated rings. The number of guanidine groups is 1. The maximum Gasteiger partial charge on any atom is 0.236 e. The molecule has 2 aliphatic rings. The van der Waals surface area contributed by atoms with Gasteiger partial charge in [-0.3, -0.25) is 9.69 Å². The third-order valence-electron chi connectivity index (χ3n) is 5.16. The Labute approximate surface area is 154 Å². The van der Waals surface area contributed by atoms with Crippen LogP contribution in [0, 0.1) is 0 Å². The minimum absolute atomic E-state index is 0.106. The van der Waals surface area contributed by atoms with Crippen LogP contribution in [0.25, 0.3) is 6.08 Å². The fourth-order valence-electron chi connectivity index (χ4n) is 3.84. The van der Waals surface area contributed by atoms with Crippen LogP contribution in [0.4, 0.5) is 0 Å². The third kappa shape index (κ3) is 2.81. The Morgan fingerprint density at radius 3 is 2.38 bits per heavy atom. The van der Waals surface area contributed by atoms with E-state index in [4.69, 9.17) is 4.99 Å². The normalized spacial score (nSPS) is 24.0. The van der Waals surface area contributed by atoms with E-state index < -0.39 is 0 Å². The molecule has 0 unspecified atom stereocenters. The Morgan fingerprint density at radius 2 is 1.73 bits per heavy atom. The van der Waals surface area contributed by atoms with Crippen LogP contribution < -0.4 is 0 Å². The first-order chi connectivity index (χ1) is 12.7. The van der Waals surface area contributed by atoms with Gasteiger partial charge in [-0.2, -0.15) is 0 Å². The molecule has 2 heterocycles. The van der Waals surface area contributed by atoms with Crippen LogP contribution in [0.1, 0.15) is 36.9 Å². The summed E-state index contributed by atoms with van der Waals surface area (Å²) in [4.78, 5) is 21.9. The molecule has 0 bridgehead atoms. The average Bonchev–Trinajstić information content (AvgIpc) is 2.95. The van der Waals surface area contributed by atoms with E-state index in [2.05, 4.69) is 30.0 Å². The van der Waals surface area contributed by atoms with Crippen molar-refractivity contribution in [1.82, 2.24) is 9.80 Å². The van der Waals surface area contributed by atoms with E-state index in [0.29, 0.717) is 6.42 Å². The van der Waals surface area contributed by atoms with Gasteiger partial charge in [-0.25, -0.2) is 4.99 Å². The monoisotopic (exact) mass is 345 g/mol. The van der Waals surface area contributed by atoms with Crippen molar-refractivity contribution in [2.45, 2.75) is 31.8 Å². The van der Waals surface area contributed by atoms with Crippen LogP contribution in [-0.2, 0) is 4.79 Å². The quantitative estimate of drug-likeness (QED) is 0.840. The van der Waals surface area contributed by atoms with Crippen molar-refractivity contribution in [3.05, 3.63) is 77.5 Å². The summed E-state index contributed by atoms with van der Waals surface area (Å²) in [5, 5.41) is 0. The summed E-state index contributed by atoms with van der Waals surface area (Å²) < 4.78 is 0. The number of rotatable bonds is 3. The number of hydrogen-bond acceptors (Lipinski definition) is 3. The number of nitrogens with zero attached hydrogens (tertiary/aromatic N) is 3.